The fraction of sp³-hybridized carbons (Fsp3) is 0.481. The average molecular weight is 466 g/mol. The fourth-order valence-corrected chi connectivity index (χ4v) is 4.24. The van der Waals surface area contributed by atoms with Gasteiger partial charge >= 0.3 is 6.09 Å². The van der Waals surface area contributed by atoms with Gasteiger partial charge in [-0.2, -0.15) is 0 Å². The maximum absolute atomic E-state index is 13.1. The Labute approximate surface area is 201 Å². The third-order valence-corrected chi connectivity index (χ3v) is 6.47. The molecule has 0 spiro atoms. The lowest BCUT2D eigenvalue weighted by Gasteiger charge is -2.36. The minimum Gasteiger partial charge on any atom is -0.493 e. The number of anilines is 1. The summed E-state index contributed by atoms with van der Waals surface area (Å²) in [7, 11) is 0. The van der Waals surface area contributed by atoms with Crippen molar-refractivity contribution in [3.05, 3.63) is 60.2 Å². The van der Waals surface area contributed by atoms with Crippen LogP contribution in [0.2, 0.25) is 0 Å². The average Bonchev–Trinajstić information content (AvgIpc) is 3.70. The molecule has 2 aromatic carbocycles. The van der Waals surface area contributed by atoms with E-state index in [1.54, 1.807) is 0 Å². The largest absolute Gasteiger partial charge is 0.493 e. The van der Waals surface area contributed by atoms with Crippen molar-refractivity contribution in [2.75, 3.05) is 25.0 Å². The normalized spacial score (nSPS) is 16.8. The first-order valence-corrected chi connectivity index (χ1v) is 12.4. The molecule has 3 N–H and O–H groups in total. The molecule has 0 radical (unpaired) electrons. The highest BCUT2D eigenvalue weighted by atomic mass is 16.5. The minimum absolute atomic E-state index is 0.144. The fourth-order valence-electron chi connectivity index (χ4n) is 4.24. The molecule has 0 saturated heterocycles. The van der Waals surface area contributed by atoms with E-state index in [2.05, 4.69) is 16.0 Å². The molecule has 0 aliphatic heterocycles. The lowest BCUT2D eigenvalue weighted by atomic mass is 9.81. The van der Waals surface area contributed by atoms with E-state index >= 15 is 0 Å². The van der Waals surface area contributed by atoms with E-state index in [1.807, 2.05) is 54.6 Å². The van der Waals surface area contributed by atoms with Crippen LogP contribution < -0.4 is 20.7 Å². The number of nitrogens with one attached hydrogen (secondary N) is 3. The van der Waals surface area contributed by atoms with Crippen LogP contribution in [0.4, 0.5) is 10.5 Å². The van der Waals surface area contributed by atoms with Crippen LogP contribution in [0.25, 0.3) is 0 Å². The van der Waals surface area contributed by atoms with Crippen molar-refractivity contribution in [1.82, 2.24) is 10.6 Å². The standard InChI is InChI=1S/C27H35N3O4/c31-25(29-18-17-28-23-11-13-24(14-12-23)33-19-22-9-10-22)27(15-5-2-6-16-27)30-26(32)34-20-21-7-3-1-4-8-21/h1,3-4,7-8,11-14,22,28H,2,5-6,9-10,15-20H2,(H,29,31)(H,30,32). The molecule has 2 saturated carbocycles. The van der Waals surface area contributed by atoms with Crippen LogP contribution in [0.5, 0.6) is 5.75 Å². The Kier molecular flexibility index (Phi) is 8.28. The summed E-state index contributed by atoms with van der Waals surface area (Å²) in [6.45, 7) is 2.02. The van der Waals surface area contributed by atoms with Gasteiger partial charge < -0.3 is 25.4 Å². The Morgan fingerprint density at radius 3 is 2.35 bits per heavy atom. The quantitative estimate of drug-likeness (QED) is 0.421. The van der Waals surface area contributed by atoms with Crippen LogP contribution in [0.1, 0.15) is 50.5 Å². The summed E-state index contributed by atoms with van der Waals surface area (Å²) in [5, 5.41) is 9.20. The maximum Gasteiger partial charge on any atom is 0.408 e. The number of alkyl carbamates (subject to hydrolysis) is 1. The van der Waals surface area contributed by atoms with Gasteiger partial charge in [0.2, 0.25) is 5.91 Å². The first-order chi connectivity index (χ1) is 16.6. The van der Waals surface area contributed by atoms with Crippen molar-refractivity contribution in [3.63, 3.8) is 0 Å². The first-order valence-electron chi connectivity index (χ1n) is 12.4. The lowest BCUT2D eigenvalue weighted by molar-refractivity contribution is -0.128. The Balaban J connectivity index is 1.21. The van der Waals surface area contributed by atoms with E-state index in [4.69, 9.17) is 9.47 Å². The molecule has 7 heteroatoms. The Morgan fingerprint density at radius 1 is 0.912 bits per heavy atom. The maximum atomic E-state index is 13.1. The molecule has 4 rings (SSSR count). The highest BCUT2D eigenvalue weighted by Crippen LogP contribution is 2.30. The third kappa shape index (κ3) is 7.14. The van der Waals surface area contributed by atoms with Crippen LogP contribution in [0, 0.1) is 5.92 Å². The van der Waals surface area contributed by atoms with Gasteiger partial charge in [0, 0.05) is 18.8 Å². The number of hydrogen-bond donors (Lipinski definition) is 3. The Hall–Kier alpha value is -3.22. The van der Waals surface area contributed by atoms with Crippen LogP contribution in [0.3, 0.4) is 0 Å². The summed E-state index contributed by atoms with van der Waals surface area (Å²) in [6.07, 6.45) is 6.11. The van der Waals surface area contributed by atoms with Gasteiger partial charge in [0.1, 0.15) is 17.9 Å². The predicted octanol–water partition coefficient (Wildman–Crippen LogP) is 4.63. The summed E-state index contributed by atoms with van der Waals surface area (Å²) in [6, 6.07) is 17.4. The van der Waals surface area contributed by atoms with E-state index in [0.29, 0.717) is 25.9 Å². The number of benzene rings is 2. The SMILES string of the molecule is O=C(NC1(C(=O)NCCNc2ccc(OCC3CC3)cc2)CCCCC1)OCc1ccccc1. The van der Waals surface area contributed by atoms with Gasteiger partial charge in [-0.1, -0.05) is 49.6 Å². The second kappa shape index (κ2) is 11.8. The Morgan fingerprint density at radius 2 is 1.65 bits per heavy atom. The first kappa shape index (κ1) is 23.9. The van der Waals surface area contributed by atoms with Crippen molar-refractivity contribution in [2.45, 2.75) is 57.1 Å². The molecule has 0 unspecified atom stereocenters. The van der Waals surface area contributed by atoms with Crippen LogP contribution in [-0.4, -0.2) is 37.2 Å². The second-order valence-electron chi connectivity index (χ2n) is 9.29. The molecule has 34 heavy (non-hydrogen) atoms. The Bertz CT molecular complexity index is 923. The molecule has 2 aliphatic carbocycles. The molecule has 0 aromatic heterocycles. The van der Waals surface area contributed by atoms with Gasteiger partial charge in [0.15, 0.2) is 0 Å². The molecule has 2 aliphatic rings. The molecule has 0 bridgehead atoms. The summed E-state index contributed by atoms with van der Waals surface area (Å²) in [5.74, 6) is 1.47. The highest BCUT2D eigenvalue weighted by molar-refractivity contribution is 5.90. The van der Waals surface area contributed by atoms with Gasteiger partial charge in [-0.3, -0.25) is 4.79 Å². The zero-order chi connectivity index (χ0) is 23.6. The monoisotopic (exact) mass is 465 g/mol. The van der Waals surface area contributed by atoms with Crippen LogP contribution in [0.15, 0.2) is 54.6 Å². The smallest absolute Gasteiger partial charge is 0.408 e. The molecule has 0 atom stereocenters. The van der Waals surface area contributed by atoms with Crippen molar-refractivity contribution < 1.29 is 19.1 Å². The summed E-state index contributed by atoms with van der Waals surface area (Å²) < 4.78 is 11.1. The van der Waals surface area contributed by atoms with Crippen molar-refractivity contribution >= 4 is 17.7 Å². The molecular weight excluding hydrogens is 430 g/mol. The third-order valence-electron chi connectivity index (χ3n) is 6.47. The predicted molar refractivity (Wildman–Crippen MR) is 132 cm³/mol. The number of carbonyl (C=O) groups is 2. The van der Waals surface area contributed by atoms with Gasteiger partial charge in [0.05, 0.1) is 6.61 Å². The van der Waals surface area contributed by atoms with E-state index in [9.17, 15) is 9.59 Å². The van der Waals surface area contributed by atoms with Gasteiger partial charge in [0.25, 0.3) is 0 Å². The van der Waals surface area contributed by atoms with E-state index in [0.717, 1.165) is 48.8 Å². The van der Waals surface area contributed by atoms with E-state index in [-0.39, 0.29) is 12.5 Å². The zero-order valence-corrected chi connectivity index (χ0v) is 19.7. The summed E-state index contributed by atoms with van der Waals surface area (Å²) in [4.78, 5) is 25.6. The minimum atomic E-state index is -0.910. The number of ether oxygens (including phenoxy) is 2. The number of carbonyl (C=O) groups excluding carboxylic acids is 2. The number of rotatable bonds is 11. The van der Waals surface area contributed by atoms with Gasteiger partial charge in [-0.15, -0.1) is 0 Å². The molecule has 2 amide bonds. The second-order valence-corrected chi connectivity index (χ2v) is 9.29. The van der Waals surface area contributed by atoms with Crippen molar-refractivity contribution in [3.8, 4) is 5.75 Å². The van der Waals surface area contributed by atoms with E-state index < -0.39 is 11.6 Å². The molecule has 7 nitrogen and oxygen atoms in total. The molecular formula is C27H35N3O4. The van der Waals surface area contributed by atoms with Crippen LogP contribution in [-0.2, 0) is 16.1 Å². The topological polar surface area (TPSA) is 88.7 Å². The summed E-state index contributed by atoms with van der Waals surface area (Å²) >= 11 is 0. The molecule has 2 fully saturated rings. The molecule has 0 heterocycles. The van der Waals surface area contributed by atoms with Crippen LogP contribution >= 0.6 is 0 Å². The van der Waals surface area contributed by atoms with E-state index in [1.165, 1.54) is 12.8 Å². The lowest BCUT2D eigenvalue weighted by Crippen LogP contribution is -2.60. The summed E-state index contributed by atoms with van der Waals surface area (Å²) in [5.41, 5.74) is 0.975. The van der Waals surface area contributed by atoms with Gasteiger partial charge in [-0.25, -0.2) is 4.79 Å². The molecule has 182 valence electrons. The van der Waals surface area contributed by atoms with Crippen molar-refractivity contribution in [2.24, 2.45) is 5.92 Å². The number of amides is 2. The molecule has 2 aromatic rings. The zero-order valence-electron chi connectivity index (χ0n) is 19.7. The van der Waals surface area contributed by atoms with Gasteiger partial charge in [-0.05, 0) is 61.4 Å². The highest BCUT2D eigenvalue weighted by Gasteiger charge is 2.41. The number of hydrogen-bond acceptors (Lipinski definition) is 5. The van der Waals surface area contributed by atoms with Crippen molar-refractivity contribution in [1.29, 1.82) is 0 Å².